The summed E-state index contributed by atoms with van der Waals surface area (Å²) < 4.78 is 12.4. The molecule has 0 spiro atoms. The number of carbonyl (C=O) groups excluding carboxylic acids is 1. The molecule has 0 aromatic heterocycles. The molecule has 30 heavy (non-hydrogen) atoms. The minimum absolute atomic E-state index is 0.0553. The topological polar surface area (TPSA) is 38.8 Å². The second-order valence-electron chi connectivity index (χ2n) is 7.21. The fourth-order valence-electron chi connectivity index (χ4n) is 3.03. The molecular weight excluding hydrogens is 414 g/mol. The van der Waals surface area contributed by atoms with Crippen molar-refractivity contribution in [3.8, 4) is 11.5 Å². The first-order chi connectivity index (χ1) is 14.5. The Hall–Kier alpha value is -2.31. The summed E-state index contributed by atoms with van der Waals surface area (Å²) in [6, 6.07) is 16.0. The van der Waals surface area contributed by atoms with Crippen molar-refractivity contribution in [2.24, 2.45) is 0 Å². The van der Waals surface area contributed by atoms with Gasteiger partial charge in [-0.05, 0) is 47.7 Å². The molecule has 1 heterocycles. The van der Waals surface area contributed by atoms with E-state index in [0.717, 1.165) is 29.9 Å². The van der Waals surface area contributed by atoms with Gasteiger partial charge in [0.05, 0.1) is 18.1 Å². The molecule has 4 nitrogen and oxygen atoms in total. The van der Waals surface area contributed by atoms with Crippen molar-refractivity contribution in [1.29, 1.82) is 0 Å². The molecular formula is C24H27NO3S2. The van der Waals surface area contributed by atoms with Crippen molar-refractivity contribution in [3.63, 3.8) is 0 Å². The van der Waals surface area contributed by atoms with E-state index in [-0.39, 0.29) is 5.91 Å². The Bertz CT molecular complexity index is 924. The van der Waals surface area contributed by atoms with Gasteiger partial charge in [-0.15, -0.1) is 0 Å². The van der Waals surface area contributed by atoms with E-state index < -0.39 is 0 Å². The van der Waals surface area contributed by atoms with E-state index in [2.05, 4.69) is 26.0 Å². The van der Waals surface area contributed by atoms with Crippen molar-refractivity contribution in [3.05, 3.63) is 64.6 Å². The molecule has 1 atom stereocenters. The molecule has 0 bridgehead atoms. The Kier molecular flexibility index (Phi) is 7.94. The number of rotatable bonds is 9. The van der Waals surface area contributed by atoms with Crippen LogP contribution in [0.1, 0.15) is 43.7 Å². The van der Waals surface area contributed by atoms with Crippen molar-refractivity contribution in [2.45, 2.75) is 32.6 Å². The van der Waals surface area contributed by atoms with Gasteiger partial charge in [0.2, 0.25) is 0 Å². The summed E-state index contributed by atoms with van der Waals surface area (Å²) in [5, 5.41) is 0. The maximum Gasteiger partial charge on any atom is 0.265 e. The average molecular weight is 442 g/mol. The Balaban J connectivity index is 1.45. The monoisotopic (exact) mass is 441 g/mol. The highest BCUT2D eigenvalue weighted by Crippen LogP contribution is 2.31. The molecule has 1 aliphatic rings. The number of nitrogens with zero attached hydrogens (tertiary/aromatic N) is 1. The molecule has 2 aromatic rings. The lowest BCUT2D eigenvalue weighted by Gasteiger charge is -2.15. The highest BCUT2D eigenvalue weighted by molar-refractivity contribution is 8.26. The van der Waals surface area contributed by atoms with E-state index >= 15 is 0 Å². The Morgan fingerprint density at radius 3 is 2.47 bits per heavy atom. The summed E-state index contributed by atoms with van der Waals surface area (Å²) in [5.41, 5.74) is 2.21. The second kappa shape index (κ2) is 10.6. The summed E-state index contributed by atoms with van der Waals surface area (Å²) >= 11 is 6.48. The van der Waals surface area contributed by atoms with Gasteiger partial charge < -0.3 is 9.47 Å². The number of likely N-dealkylation sites (N-methyl/N-ethyl adjacent to an activating group) is 1. The molecule has 0 saturated carbocycles. The van der Waals surface area contributed by atoms with E-state index in [1.165, 1.54) is 22.2 Å². The van der Waals surface area contributed by atoms with Crippen LogP contribution in [0.15, 0.2) is 53.4 Å². The lowest BCUT2D eigenvalue weighted by Crippen LogP contribution is -2.22. The zero-order valence-corrected chi connectivity index (χ0v) is 19.2. The number of para-hydroxylation sites is 1. The van der Waals surface area contributed by atoms with Gasteiger partial charge in [0.25, 0.3) is 5.91 Å². The van der Waals surface area contributed by atoms with E-state index in [1.807, 2.05) is 42.5 Å². The second-order valence-corrected chi connectivity index (χ2v) is 8.88. The standard InChI is InChI=1S/C24H27NO3S2/c1-4-17(2)20-8-5-6-9-21(20)28-15-7-14-27-19-12-10-18(11-13-19)16-22-23(26)25(3)24(29)30-22/h5-6,8-13,16-17H,4,7,14-15H2,1-3H3. The van der Waals surface area contributed by atoms with Gasteiger partial charge in [-0.2, -0.15) is 0 Å². The summed E-state index contributed by atoms with van der Waals surface area (Å²) in [6.07, 6.45) is 3.75. The first-order valence-electron chi connectivity index (χ1n) is 10.2. The lowest BCUT2D eigenvalue weighted by atomic mass is 9.98. The number of hydrogen-bond acceptors (Lipinski definition) is 5. The quantitative estimate of drug-likeness (QED) is 0.276. The van der Waals surface area contributed by atoms with Crippen molar-refractivity contribution >= 4 is 40.3 Å². The first kappa shape index (κ1) is 22.4. The fourth-order valence-corrected chi connectivity index (χ4v) is 4.21. The Labute approximate surface area is 188 Å². The minimum atomic E-state index is -0.0553. The van der Waals surface area contributed by atoms with Gasteiger partial charge in [-0.25, -0.2) is 0 Å². The largest absolute Gasteiger partial charge is 0.493 e. The normalized spacial score (nSPS) is 16.2. The third-order valence-corrected chi connectivity index (χ3v) is 6.53. The van der Waals surface area contributed by atoms with Crippen LogP contribution < -0.4 is 9.47 Å². The van der Waals surface area contributed by atoms with Crippen LogP contribution in [-0.2, 0) is 4.79 Å². The lowest BCUT2D eigenvalue weighted by molar-refractivity contribution is -0.121. The van der Waals surface area contributed by atoms with E-state index in [9.17, 15) is 4.79 Å². The van der Waals surface area contributed by atoms with Crippen molar-refractivity contribution < 1.29 is 14.3 Å². The highest BCUT2D eigenvalue weighted by atomic mass is 32.2. The van der Waals surface area contributed by atoms with Crippen molar-refractivity contribution in [1.82, 2.24) is 4.90 Å². The summed E-state index contributed by atoms with van der Waals surface area (Å²) in [7, 11) is 1.70. The third-order valence-electron chi connectivity index (χ3n) is 5.04. The Morgan fingerprint density at radius 2 is 1.80 bits per heavy atom. The summed E-state index contributed by atoms with van der Waals surface area (Å²) in [4.78, 5) is 14.2. The number of amides is 1. The highest BCUT2D eigenvalue weighted by Gasteiger charge is 2.28. The van der Waals surface area contributed by atoms with Crippen LogP contribution in [0.2, 0.25) is 0 Å². The van der Waals surface area contributed by atoms with Gasteiger partial charge >= 0.3 is 0 Å². The zero-order valence-electron chi connectivity index (χ0n) is 17.6. The van der Waals surface area contributed by atoms with Gasteiger partial charge in [0.15, 0.2) is 0 Å². The van der Waals surface area contributed by atoms with Crippen LogP contribution in [0.4, 0.5) is 0 Å². The average Bonchev–Trinajstić information content (AvgIpc) is 3.01. The predicted molar refractivity (Wildman–Crippen MR) is 128 cm³/mol. The van der Waals surface area contributed by atoms with Crippen LogP contribution in [0.25, 0.3) is 6.08 Å². The van der Waals surface area contributed by atoms with Crippen LogP contribution in [0.3, 0.4) is 0 Å². The van der Waals surface area contributed by atoms with E-state index in [4.69, 9.17) is 21.7 Å². The van der Waals surface area contributed by atoms with Gasteiger partial charge in [0.1, 0.15) is 15.8 Å². The molecule has 1 aliphatic heterocycles. The molecule has 0 aliphatic carbocycles. The van der Waals surface area contributed by atoms with Crippen LogP contribution in [0, 0.1) is 0 Å². The number of ether oxygens (including phenoxy) is 2. The number of thiocarbonyl (C=S) groups is 1. The molecule has 0 N–H and O–H groups in total. The zero-order chi connectivity index (χ0) is 21.5. The van der Waals surface area contributed by atoms with Crippen LogP contribution in [0.5, 0.6) is 11.5 Å². The number of benzene rings is 2. The number of hydrogen-bond donors (Lipinski definition) is 0. The molecule has 2 aromatic carbocycles. The van der Waals surface area contributed by atoms with Crippen molar-refractivity contribution in [2.75, 3.05) is 20.3 Å². The molecule has 1 fully saturated rings. The maximum atomic E-state index is 12.1. The first-order valence-corrected chi connectivity index (χ1v) is 11.4. The molecule has 1 amide bonds. The van der Waals surface area contributed by atoms with Crippen LogP contribution >= 0.6 is 24.0 Å². The minimum Gasteiger partial charge on any atom is -0.493 e. The molecule has 1 unspecified atom stereocenters. The van der Waals surface area contributed by atoms with Gasteiger partial charge in [0, 0.05) is 13.5 Å². The molecule has 6 heteroatoms. The third kappa shape index (κ3) is 5.64. The van der Waals surface area contributed by atoms with E-state index in [0.29, 0.717) is 28.4 Å². The maximum absolute atomic E-state index is 12.1. The van der Waals surface area contributed by atoms with Crippen LogP contribution in [-0.4, -0.2) is 35.4 Å². The number of thioether (sulfide) groups is 1. The van der Waals surface area contributed by atoms with Gasteiger partial charge in [-0.1, -0.05) is 68.2 Å². The SMILES string of the molecule is CCC(C)c1ccccc1OCCCOc1ccc(C=C2SC(=S)N(C)C2=O)cc1. The molecule has 3 rings (SSSR count). The Morgan fingerprint density at radius 1 is 1.10 bits per heavy atom. The van der Waals surface area contributed by atoms with Gasteiger partial charge in [-0.3, -0.25) is 9.69 Å². The summed E-state index contributed by atoms with van der Waals surface area (Å²) in [6.45, 7) is 5.61. The fraction of sp³-hybridized carbons (Fsp3) is 0.333. The molecule has 0 radical (unpaired) electrons. The van der Waals surface area contributed by atoms with E-state index in [1.54, 1.807) is 7.05 Å². The predicted octanol–water partition coefficient (Wildman–Crippen LogP) is 5.88. The smallest absolute Gasteiger partial charge is 0.265 e. The molecule has 158 valence electrons. The number of carbonyl (C=O) groups is 1. The molecule has 1 saturated heterocycles. The summed E-state index contributed by atoms with van der Waals surface area (Å²) in [5.74, 6) is 2.20.